The Bertz CT molecular complexity index is 114. The van der Waals surface area contributed by atoms with Crippen LogP contribution in [-0.4, -0.2) is 25.0 Å². The third-order valence-corrected chi connectivity index (χ3v) is 3.03. The lowest BCUT2D eigenvalue weighted by atomic mass is 9.78. The molecule has 0 aliphatic carbocycles. The summed E-state index contributed by atoms with van der Waals surface area (Å²) in [5.74, 6) is 1.53. The molecule has 0 aromatic carbocycles. The standard InChI is InChI=1S/C9H16Cl2O/c10-5-1-3-9(4-2-6-11)7-12-8-9/h1-8H2. The number of hydrogen-bond donors (Lipinski definition) is 0. The van der Waals surface area contributed by atoms with Crippen molar-refractivity contribution in [3.05, 3.63) is 0 Å². The highest BCUT2D eigenvalue weighted by molar-refractivity contribution is 6.18. The van der Waals surface area contributed by atoms with E-state index in [1.165, 1.54) is 12.8 Å². The molecule has 72 valence electrons. The molecule has 0 atom stereocenters. The van der Waals surface area contributed by atoms with Crippen LogP contribution in [0.5, 0.6) is 0 Å². The van der Waals surface area contributed by atoms with Crippen LogP contribution in [0.2, 0.25) is 0 Å². The second kappa shape index (κ2) is 5.31. The van der Waals surface area contributed by atoms with Crippen molar-refractivity contribution in [2.75, 3.05) is 25.0 Å². The first-order valence-electron chi connectivity index (χ1n) is 4.53. The summed E-state index contributed by atoms with van der Waals surface area (Å²) in [5.41, 5.74) is 0.434. The SMILES string of the molecule is ClCCCC1(CCCCl)COC1. The Balaban J connectivity index is 2.19. The van der Waals surface area contributed by atoms with Crippen LogP contribution in [0, 0.1) is 5.41 Å². The number of hydrogen-bond acceptors (Lipinski definition) is 1. The van der Waals surface area contributed by atoms with E-state index >= 15 is 0 Å². The van der Waals surface area contributed by atoms with Gasteiger partial charge in [0.05, 0.1) is 13.2 Å². The fourth-order valence-corrected chi connectivity index (χ4v) is 1.96. The summed E-state index contributed by atoms with van der Waals surface area (Å²) in [6.45, 7) is 1.83. The molecule has 0 unspecified atom stereocenters. The molecule has 1 fully saturated rings. The molecular formula is C9H16Cl2O. The molecular weight excluding hydrogens is 195 g/mol. The predicted molar refractivity (Wildman–Crippen MR) is 53.2 cm³/mol. The maximum absolute atomic E-state index is 5.66. The van der Waals surface area contributed by atoms with Gasteiger partial charge < -0.3 is 4.74 Å². The van der Waals surface area contributed by atoms with Gasteiger partial charge in [-0.15, -0.1) is 23.2 Å². The van der Waals surface area contributed by atoms with Crippen molar-refractivity contribution in [1.29, 1.82) is 0 Å². The third kappa shape index (κ3) is 2.79. The van der Waals surface area contributed by atoms with Crippen molar-refractivity contribution >= 4 is 23.2 Å². The Hall–Kier alpha value is 0.540. The van der Waals surface area contributed by atoms with E-state index in [0.717, 1.165) is 37.8 Å². The zero-order valence-corrected chi connectivity index (χ0v) is 8.83. The quantitative estimate of drug-likeness (QED) is 0.613. The van der Waals surface area contributed by atoms with E-state index in [-0.39, 0.29) is 0 Å². The second-order valence-corrected chi connectivity index (χ2v) is 4.33. The molecule has 1 nitrogen and oxygen atoms in total. The fourth-order valence-electron chi connectivity index (χ4n) is 1.69. The molecule has 0 aromatic rings. The molecule has 12 heavy (non-hydrogen) atoms. The average molecular weight is 211 g/mol. The number of ether oxygens (including phenoxy) is 1. The Morgan fingerprint density at radius 2 is 1.50 bits per heavy atom. The topological polar surface area (TPSA) is 9.23 Å². The maximum atomic E-state index is 5.66. The van der Waals surface area contributed by atoms with Crippen molar-refractivity contribution in [2.24, 2.45) is 5.41 Å². The molecule has 0 amide bonds. The average Bonchev–Trinajstić information content (AvgIpc) is 2.02. The van der Waals surface area contributed by atoms with Crippen molar-refractivity contribution in [1.82, 2.24) is 0 Å². The minimum atomic E-state index is 0.434. The van der Waals surface area contributed by atoms with Crippen LogP contribution < -0.4 is 0 Å². The van der Waals surface area contributed by atoms with Crippen LogP contribution in [-0.2, 0) is 4.74 Å². The summed E-state index contributed by atoms with van der Waals surface area (Å²) >= 11 is 11.3. The molecule has 1 rings (SSSR count). The van der Waals surface area contributed by atoms with Crippen LogP contribution in [0.1, 0.15) is 25.7 Å². The van der Waals surface area contributed by atoms with E-state index in [0.29, 0.717) is 5.41 Å². The molecule has 0 saturated carbocycles. The third-order valence-electron chi connectivity index (χ3n) is 2.50. The molecule has 1 aliphatic heterocycles. The van der Waals surface area contributed by atoms with Gasteiger partial charge in [0.15, 0.2) is 0 Å². The van der Waals surface area contributed by atoms with E-state index in [9.17, 15) is 0 Å². The molecule has 0 N–H and O–H groups in total. The number of halogens is 2. The van der Waals surface area contributed by atoms with Gasteiger partial charge in [-0.05, 0) is 25.7 Å². The van der Waals surface area contributed by atoms with Gasteiger partial charge in [-0.25, -0.2) is 0 Å². The summed E-state index contributed by atoms with van der Waals surface area (Å²) in [6.07, 6.45) is 4.61. The lowest BCUT2D eigenvalue weighted by molar-refractivity contribution is -0.122. The molecule has 3 heteroatoms. The van der Waals surface area contributed by atoms with Gasteiger partial charge in [0, 0.05) is 17.2 Å². The normalized spacial score (nSPS) is 20.5. The summed E-state index contributed by atoms with van der Waals surface area (Å²) in [5, 5.41) is 0. The minimum absolute atomic E-state index is 0.434. The summed E-state index contributed by atoms with van der Waals surface area (Å²) in [4.78, 5) is 0. The van der Waals surface area contributed by atoms with E-state index in [1.807, 2.05) is 0 Å². The lowest BCUT2D eigenvalue weighted by Gasteiger charge is -2.41. The molecule has 0 aromatic heterocycles. The first kappa shape index (κ1) is 10.6. The predicted octanol–water partition coefficient (Wildman–Crippen LogP) is 3.04. The van der Waals surface area contributed by atoms with Crippen molar-refractivity contribution in [3.63, 3.8) is 0 Å². The van der Waals surface area contributed by atoms with Crippen LogP contribution >= 0.6 is 23.2 Å². The van der Waals surface area contributed by atoms with Crippen LogP contribution in [0.4, 0.5) is 0 Å². The van der Waals surface area contributed by atoms with E-state index in [4.69, 9.17) is 27.9 Å². The molecule has 1 saturated heterocycles. The molecule has 0 spiro atoms. The van der Waals surface area contributed by atoms with E-state index in [1.54, 1.807) is 0 Å². The lowest BCUT2D eigenvalue weighted by Crippen LogP contribution is -2.42. The second-order valence-electron chi connectivity index (χ2n) is 3.58. The Labute approximate surface area is 84.4 Å². The van der Waals surface area contributed by atoms with Gasteiger partial charge in [0.25, 0.3) is 0 Å². The van der Waals surface area contributed by atoms with E-state index in [2.05, 4.69) is 0 Å². The summed E-state index contributed by atoms with van der Waals surface area (Å²) in [6, 6.07) is 0. The fraction of sp³-hybridized carbons (Fsp3) is 1.00. The Morgan fingerprint density at radius 1 is 1.00 bits per heavy atom. The number of alkyl halides is 2. The van der Waals surface area contributed by atoms with Gasteiger partial charge in [0.2, 0.25) is 0 Å². The summed E-state index contributed by atoms with van der Waals surface area (Å²) < 4.78 is 5.25. The Kier molecular flexibility index (Phi) is 4.70. The van der Waals surface area contributed by atoms with Gasteiger partial charge >= 0.3 is 0 Å². The summed E-state index contributed by atoms with van der Waals surface area (Å²) in [7, 11) is 0. The highest BCUT2D eigenvalue weighted by atomic mass is 35.5. The van der Waals surface area contributed by atoms with Gasteiger partial charge in [0.1, 0.15) is 0 Å². The van der Waals surface area contributed by atoms with Crippen LogP contribution in [0.3, 0.4) is 0 Å². The first-order valence-corrected chi connectivity index (χ1v) is 5.60. The molecule has 1 aliphatic rings. The molecule has 0 bridgehead atoms. The smallest absolute Gasteiger partial charge is 0.0544 e. The maximum Gasteiger partial charge on any atom is 0.0544 e. The minimum Gasteiger partial charge on any atom is -0.380 e. The van der Waals surface area contributed by atoms with Crippen molar-refractivity contribution < 1.29 is 4.74 Å². The molecule has 1 heterocycles. The monoisotopic (exact) mass is 210 g/mol. The number of rotatable bonds is 6. The van der Waals surface area contributed by atoms with Gasteiger partial charge in [-0.1, -0.05) is 0 Å². The van der Waals surface area contributed by atoms with Crippen LogP contribution in [0.25, 0.3) is 0 Å². The Morgan fingerprint density at radius 3 is 1.75 bits per heavy atom. The largest absolute Gasteiger partial charge is 0.380 e. The van der Waals surface area contributed by atoms with Gasteiger partial charge in [-0.2, -0.15) is 0 Å². The van der Waals surface area contributed by atoms with Crippen molar-refractivity contribution in [2.45, 2.75) is 25.7 Å². The highest BCUT2D eigenvalue weighted by Gasteiger charge is 2.36. The zero-order chi connectivity index (χ0) is 8.86. The van der Waals surface area contributed by atoms with Crippen molar-refractivity contribution in [3.8, 4) is 0 Å². The molecule has 0 radical (unpaired) electrons. The zero-order valence-electron chi connectivity index (χ0n) is 7.32. The van der Waals surface area contributed by atoms with Gasteiger partial charge in [-0.3, -0.25) is 0 Å². The van der Waals surface area contributed by atoms with Crippen LogP contribution in [0.15, 0.2) is 0 Å². The highest BCUT2D eigenvalue weighted by Crippen LogP contribution is 2.37. The first-order chi connectivity index (χ1) is 5.83. The van der Waals surface area contributed by atoms with E-state index < -0.39 is 0 Å².